The third kappa shape index (κ3) is 5.16. The molecule has 12 heteroatoms. The van der Waals surface area contributed by atoms with Crippen molar-refractivity contribution >= 4 is 50.6 Å². The lowest BCUT2D eigenvalue weighted by molar-refractivity contribution is -0.134. The first-order valence-corrected chi connectivity index (χ1v) is 11.5. The van der Waals surface area contributed by atoms with Gasteiger partial charge in [-0.05, 0) is 31.9 Å². The summed E-state index contributed by atoms with van der Waals surface area (Å²) in [6.45, 7) is 2.23. The van der Waals surface area contributed by atoms with Crippen LogP contribution in [-0.2, 0) is 19.6 Å². The lowest BCUT2D eigenvalue weighted by atomic mass is 9.96. The number of likely N-dealkylation sites (N-methyl/N-ethyl adjacent to an activating group) is 1. The standard InChI is InChI=1S/C17H21ClN4O5S2/c1-11-9-14(20-27-11)19-17(24)12-5-7-22(8-6-12)15(23)10-21(2)29(25,26)16-4-3-13(18)28-16/h3-4,9,12H,5-8,10H2,1-2H3,(H,19,20,24). The van der Waals surface area contributed by atoms with Crippen LogP contribution >= 0.6 is 22.9 Å². The summed E-state index contributed by atoms with van der Waals surface area (Å²) < 4.78 is 31.4. The number of amides is 2. The number of sulfonamides is 1. The highest BCUT2D eigenvalue weighted by Crippen LogP contribution is 2.27. The number of halogens is 1. The van der Waals surface area contributed by atoms with Crippen molar-refractivity contribution in [2.45, 2.75) is 24.0 Å². The maximum atomic E-state index is 12.5. The van der Waals surface area contributed by atoms with Crippen LogP contribution in [0.4, 0.5) is 5.82 Å². The molecule has 158 valence electrons. The average molecular weight is 461 g/mol. The molecule has 0 aromatic carbocycles. The number of likely N-dealkylation sites (tertiary alicyclic amines) is 1. The Balaban J connectivity index is 1.51. The van der Waals surface area contributed by atoms with Crippen LogP contribution in [0.3, 0.4) is 0 Å². The molecule has 0 unspecified atom stereocenters. The topological polar surface area (TPSA) is 113 Å². The second kappa shape index (κ2) is 8.82. The van der Waals surface area contributed by atoms with Gasteiger partial charge in [0.2, 0.25) is 11.8 Å². The molecule has 0 bridgehead atoms. The van der Waals surface area contributed by atoms with Gasteiger partial charge in [-0.1, -0.05) is 16.8 Å². The van der Waals surface area contributed by atoms with Gasteiger partial charge in [0, 0.05) is 32.1 Å². The largest absolute Gasteiger partial charge is 0.360 e. The Morgan fingerprint density at radius 1 is 1.38 bits per heavy atom. The van der Waals surface area contributed by atoms with Crippen molar-refractivity contribution in [2.24, 2.45) is 5.92 Å². The first-order chi connectivity index (χ1) is 13.7. The molecule has 1 aliphatic heterocycles. The minimum absolute atomic E-state index is 0.0938. The van der Waals surface area contributed by atoms with Gasteiger partial charge in [0.15, 0.2) is 5.82 Å². The normalized spacial score (nSPS) is 15.7. The number of aryl methyl sites for hydroxylation is 1. The number of nitrogens with zero attached hydrogens (tertiary/aromatic N) is 3. The predicted octanol–water partition coefficient (Wildman–Crippen LogP) is 2.20. The van der Waals surface area contributed by atoms with Gasteiger partial charge in [0.1, 0.15) is 9.97 Å². The SMILES string of the molecule is Cc1cc(NC(=O)C2CCN(C(=O)CN(C)S(=O)(=O)c3ccc(Cl)s3)CC2)no1. The van der Waals surface area contributed by atoms with Crippen molar-refractivity contribution in [1.82, 2.24) is 14.4 Å². The molecule has 2 amide bonds. The van der Waals surface area contributed by atoms with Crippen molar-refractivity contribution in [1.29, 1.82) is 0 Å². The molecule has 2 aromatic rings. The summed E-state index contributed by atoms with van der Waals surface area (Å²) in [7, 11) is -2.41. The van der Waals surface area contributed by atoms with Crippen LogP contribution < -0.4 is 5.32 Å². The van der Waals surface area contributed by atoms with E-state index in [1.807, 2.05) is 0 Å². The van der Waals surface area contributed by atoms with Gasteiger partial charge < -0.3 is 14.7 Å². The van der Waals surface area contributed by atoms with E-state index >= 15 is 0 Å². The summed E-state index contributed by atoms with van der Waals surface area (Å²) in [5, 5.41) is 6.44. The summed E-state index contributed by atoms with van der Waals surface area (Å²) in [5.74, 6) is 0.256. The summed E-state index contributed by atoms with van der Waals surface area (Å²) in [5.41, 5.74) is 0. The van der Waals surface area contributed by atoms with E-state index in [4.69, 9.17) is 16.1 Å². The Bertz CT molecular complexity index is 995. The van der Waals surface area contributed by atoms with E-state index in [1.165, 1.54) is 19.2 Å². The van der Waals surface area contributed by atoms with Crippen molar-refractivity contribution in [3.63, 3.8) is 0 Å². The van der Waals surface area contributed by atoms with Gasteiger partial charge in [-0.2, -0.15) is 4.31 Å². The highest BCUT2D eigenvalue weighted by molar-refractivity contribution is 7.91. The maximum Gasteiger partial charge on any atom is 0.252 e. The van der Waals surface area contributed by atoms with E-state index in [0.717, 1.165) is 15.6 Å². The zero-order valence-corrected chi connectivity index (χ0v) is 18.3. The number of anilines is 1. The molecule has 1 N–H and O–H groups in total. The number of nitrogens with one attached hydrogen (secondary N) is 1. The van der Waals surface area contributed by atoms with Crippen LogP contribution in [0.15, 0.2) is 26.9 Å². The van der Waals surface area contributed by atoms with Crippen LogP contribution in [0.5, 0.6) is 0 Å². The quantitative estimate of drug-likeness (QED) is 0.707. The Morgan fingerprint density at radius 2 is 2.07 bits per heavy atom. The first-order valence-electron chi connectivity index (χ1n) is 8.90. The highest BCUT2D eigenvalue weighted by Gasteiger charge is 2.30. The van der Waals surface area contributed by atoms with Gasteiger partial charge in [-0.25, -0.2) is 8.42 Å². The van der Waals surface area contributed by atoms with E-state index in [1.54, 1.807) is 17.9 Å². The molecule has 3 rings (SSSR count). The van der Waals surface area contributed by atoms with Crippen LogP contribution in [0.25, 0.3) is 0 Å². The van der Waals surface area contributed by atoms with Gasteiger partial charge in [-0.15, -0.1) is 11.3 Å². The lowest BCUT2D eigenvalue weighted by Gasteiger charge is -2.32. The molecule has 2 aromatic heterocycles. The van der Waals surface area contributed by atoms with E-state index in [-0.39, 0.29) is 28.5 Å². The molecule has 0 radical (unpaired) electrons. The number of aromatic nitrogens is 1. The van der Waals surface area contributed by atoms with E-state index < -0.39 is 10.0 Å². The Kier molecular flexibility index (Phi) is 6.62. The fourth-order valence-corrected chi connectivity index (χ4v) is 5.82. The van der Waals surface area contributed by atoms with Gasteiger partial charge in [0.25, 0.3) is 10.0 Å². The fraction of sp³-hybridized carbons (Fsp3) is 0.471. The van der Waals surface area contributed by atoms with Crippen molar-refractivity contribution in [3.8, 4) is 0 Å². The third-order valence-electron chi connectivity index (χ3n) is 4.67. The van der Waals surface area contributed by atoms with Crippen molar-refractivity contribution < 1.29 is 22.5 Å². The van der Waals surface area contributed by atoms with Crippen molar-refractivity contribution in [2.75, 3.05) is 32.0 Å². The zero-order chi connectivity index (χ0) is 21.2. The minimum atomic E-state index is -3.77. The number of piperidine rings is 1. The lowest BCUT2D eigenvalue weighted by Crippen LogP contribution is -2.46. The van der Waals surface area contributed by atoms with Gasteiger partial charge in [-0.3, -0.25) is 9.59 Å². The zero-order valence-electron chi connectivity index (χ0n) is 15.9. The third-order valence-corrected chi connectivity index (χ3v) is 8.17. The monoisotopic (exact) mass is 460 g/mol. The predicted molar refractivity (Wildman–Crippen MR) is 108 cm³/mol. The van der Waals surface area contributed by atoms with Crippen LogP contribution in [0, 0.1) is 12.8 Å². The summed E-state index contributed by atoms with van der Waals surface area (Å²) in [6.07, 6.45) is 0.983. The van der Waals surface area contributed by atoms with Gasteiger partial charge in [0.05, 0.1) is 10.9 Å². The summed E-state index contributed by atoms with van der Waals surface area (Å²) in [4.78, 5) is 26.4. The second-order valence-electron chi connectivity index (χ2n) is 6.79. The highest BCUT2D eigenvalue weighted by atomic mass is 35.5. The number of hydrogen-bond donors (Lipinski definition) is 1. The first kappa shape index (κ1) is 21.8. The summed E-state index contributed by atoms with van der Waals surface area (Å²) in [6, 6.07) is 4.56. The second-order valence-corrected chi connectivity index (χ2v) is 10.8. The van der Waals surface area contributed by atoms with Gasteiger partial charge >= 0.3 is 0 Å². The molecule has 1 aliphatic rings. The molecule has 3 heterocycles. The molecule has 29 heavy (non-hydrogen) atoms. The Hall–Kier alpha value is -1.95. The minimum Gasteiger partial charge on any atom is -0.360 e. The molecule has 9 nitrogen and oxygen atoms in total. The molecule has 0 atom stereocenters. The molecular weight excluding hydrogens is 440 g/mol. The number of hydrogen-bond acceptors (Lipinski definition) is 7. The number of rotatable bonds is 6. The summed E-state index contributed by atoms with van der Waals surface area (Å²) >= 11 is 6.75. The Labute approximate surface area is 177 Å². The molecule has 0 aliphatic carbocycles. The van der Waals surface area contributed by atoms with E-state index in [9.17, 15) is 18.0 Å². The van der Waals surface area contributed by atoms with E-state index in [2.05, 4.69) is 10.5 Å². The molecule has 0 spiro atoms. The maximum absolute atomic E-state index is 12.5. The van der Waals surface area contributed by atoms with Crippen LogP contribution in [0.2, 0.25) is 4.34 Å². The van der Waals surface area contributed by atoms with Crippen LogP contribution in [0.1, 0.15) is 18.6 Å². The molecule has 1 saturated heterocycles. The number of thiophene rings is 1. The number of carbonyl (C=O) groups is 2. The fourth-order valence-electron chi connectivity index (χ4n) is 3.01. The van der Waals surface area contributed by atoms with Crippen LogP contribution in [-0.4, -0.2) is 61.3 Å². The molecule has 0 saturated carbocycles. The smallest absolute Gasteiger partial charge is 0.252 e. The Morgan fingerprint density at radius 3 is 2.62 bits per heavy atom. The molecule has 1 fully saturated rings. The average Bonchev–Trinajstić information content (AvgIpc) is 3.30. The number of carbonyl (C=O) groups excluding carboxylic acids is 2. The van der Waals surface area contributed by atoms with E-state index in [0.29, 0.717) is 41.8 Å². The van der Waals surface area contributed by atoms with Crippen molar-refractivity contribution in [3.05, 3.63) is 28.3 Å². The molecular formula is C17H21ClN4O5S2.